The second-order valence-corrected chi connectivity index (χ2v) is 4.55. The number of nitriles is 1. The lowest BCUT2D eigenvalue weighted by atomic mass is 10.1. The summed E-state index contributed by atoms with van der Waals surface area (Å²) in [4.78, 5) is 0. The lowest BCUT2D eigenvalue weighted by molar-refractivity contribution is 0.304. The van der Waals surface area contributed by atoms with Gasteiger partial charge in [0.25, 0.3) is 0 Å². The maximum atomic E-state index is 8.81. The van der Waals surface area contributed by atoms with Gasteiger partial charge in [0.1, 0.15) is 12.4 Å². The van der Waals surface area contributed by atoms with Gasteiger partial charge in [-0.2, -0.15) is 5.26 Å². The standard InChI is InChI=1S/C14H11BrN2O/c15-14-12(17)5-2-6-13(14)18-9-11-4-1-3-10(7-11)8-16/h1-7H,9,17H2. The van der Waals surface area contributed by atoms with Crippen molar-refractivity contribution in [3.63, 3.8) is 0 Å². The van der Waals surface area contributed by atoms with Crippen molar-refractivity contribution in [2.75, 3.05) is 5.73 Å². The number of anilines is 1. The molecule has 0 aliphatic rings. The summed E-state index contributed by atoms with van der Waals surface area (Å²) >= 11 is 3.38. The fraction of sp³-hybridized carbons (Fsp3) is 0.0714. The molecule has 2 aromatic rings. The summed E-state index contributed by atoms with van der Waals surface area (Å²) in [6.45, 7) is 0.400. The van der Waals surface area contributed by atoms with E-state index in [9.17, 15) is 0 Å². The van der Waals surface area contributed by atoms with Gasteiger partial charge >= 0.3 is 0 Å². The summed E-state index contributed by atoms with van der Waals surface area (Å²) < 4.78 is 6.42. The number of nitrogen functional groups attached to an aromatic ring is 1. The minimum Gasteiger partial charge on any atom is -0.488 e. The number of nitrogens with zero attached hydrogens (tertiary/aromatic N) is 1. The molecule has 2 N–H and O–H groups in total. The van der Waals surface area contributed by atoms with Crippen molar-refractivity contribution >= 4 is 21.6 Å². The lowest BCUT2D eigenvalue weighted by Crippen LogP contribution is -1.98. The number of ether oxygens (including phenoxy) is 1. The van der Waals surface area contributed by atoms with Crippen LogP contribution < -0.4 is 10.5 Å². The van der Waals surface area contributed by atoms with Crippen LogP contribution in [-0.4, -0.2) is 0 Å². The molecule has 2 rings (SSSR count). The van der Waals surface area contributed by atoms with Gasteiger partial charge in [-0.15, -0.1) is 0 Å². The Balaban J connectivity index is 2.12. The molecule has 4 heteroatoms. The monoisotopic (exact) mass is 302 g/mol. The van der Waals surface area contributed by atoms with E-state index in [4.69, 9.17) is 15.7 Å². The third kappa shape index (κ3) is 2.82. The fourth-order valence-electron chi connectivity index (χ4n) is 1.53. The Bertz CT molecular complexity index is 605. The average molecular weight is 303 g/mol. The molecule has 0 saturated carbocycles. The number of hydrogen-bond donors (Lipinski definition) is 1. The van der Waals surface area contributed by atoms with Gasteiger partial charge in [-0.1, -0.05) is 18.2 Å². The Labute approximate surface area is 114 Å². The smallest absolute Gasteiger partial charge is 0.136 e. The molecule has 0 amide bonds. The molecule has 0 spiro atoms. The van der Waals surface area contributed by atoms with Crippen molar-refractivity contribution in [3.8, 4) is 11.8 Å². The summed E-state index contributed by atoms with van der Waals surface area (Å²) in [7, 11) is 0. The van der Waals surface area contributed by atoms with E-state index in [-0.39, 0.29) is 0 Å². The highest BCUT2D eigenvalue weighted by molar-refractivity contribution is 9.10. The molecule has 0 heterocycles. The topological polar surface area (TPSA) is 59.0 Å². The molecule has 90 valence electrons. The van der Waals surface area contributed by atoms with Gasteiger partial charge < -0.3 is 10.5 Å². The molecule has 0 aliphatic heterocycles. The van der Waals surface area contributed by atoms with E-state index in [0.717, 1.165) is 10.0 Å². The summed E-state index contributed by atoms with van der Waals surface area (Å²) in [6.07, 6.45) is 0. The van der Waals surface area contributed by atoms with Crippen molar-refractivity contribution < 1.29 is 4.74 Å². The minimum atomic E-state index is 0.400. The van der Waals surface area contributed by atoms with E-state index in [1.54, 1.807) is 18.2 Å². The Morgan fingerprint density at radius 3 is 2.78 bits per heavy atom. The first-order chi connectivity index (χ1) is 8.70. The van der Waals surface area contributed by atoms with Gasteiger partial charge in [-0.25, -0.2) is 0 Å². The summed E-state index contributed by atoms with van der Waals surface area (Å²) in [6, 6.07) is 14.9. The van der Waals surface area contributed by atoms with Gasteiger partial charge in [0.2, 0.25) is 0 Å². The molecule has 0 aliphatic carbocycles. The predicted molar refractivity (Wildman–Crippen MR) is 74.0 cm³/mol. The zero-order chi connectivity index (χ0) is 13.0. The lowest BCUT2D eigenvalue weighted by Gasteiger charge is -2.09. The Morgan fingerprint density at radius 1 is 1.22 bits per heavy atom. The maximum Gasteiger partial charge on any atom is 0.136 e. The van der Waals surface area contributed by atoms with E-state index in [1.807, 2.05) is 24.3 Å². The number of benzene rings is 2. The molecule has 0 saturated heterocycles. The third-order valence-electron chi connectivity index (χ3n) is 2.44. The van der Waals surface area contributed by atoms with E-state index < -0.39 is 0 Å². The highest BCUT2D eigenvalue weighted by atomic mass is 79.9. The Morgan fingerprint density at radius 2 is 2.00 bits per heavy atom. The molecule has 0 bridgehead atoms. The van der Waals surface area contributed by atoms with E-state index in [1.165, 1.54) is 0 Å². The predicted octanol–water partition coefficient (Wildman–Crippen LogP) is 3.48. The number of halogens is 1. The molecule has 3 nitrogen and oxygen atoms in total. The highest BCUT2D eigenvalue weighted by Gasteiger charge is 2.04. The quantitative estimate of drug-likeness (QED) is 0.883. The largest absolute Gasteiger partial charge is 0.488 e. The molecular weight excluding hydrogens is 292 g/mol. The molecule has 2 aromatic carbocycles. The van der Waals surface area contributed by atoms with Gasteiger partial charge in [0.05, 0.1) is 16.1 Å². The number of hydrogen-bond acceptors (Lipinski definition) is 3. The normalized spacial score (nSPS) is 9.78. The summed E-state index contributed by atoms with van der Waals surface area (Å²) in [5.41, 5.74) is 7.98. The zero-order valence-electron chi connectivity index (χ0n) is 9.56. The highest BCUT2D eigenvalue weighted by Crippen LogP contribution is 2.30. The van der Waals surface area contributed by atoms with Crippen molar-refractivity contribution in [2.24, 2.45) is 0 Å². The van der Waals surface area contributed by atoms with Gasteiger partial charge in [0, 0.05) is 5.69 Å². The number of nitrogens with two attached hydrogens (primary N) is 1. The first-order valence-corrected chi connectivity index (χ1v) is 6.16. The molecule has 0 unspecified atom stereocenters. The fourth-order valence-corrected chi connectivity index (χ4v) is 1.91. The summed E-state index contributed by atoms with van der Waals surface area (Å²) in [5.74, 6) is 0.692. The van der Waals surface area contributed by atoms with Crippen LogP contribution in [0.2, 0.25) is 0 Å². The van der Waals surface area contributed by atoms with E-state index in [0.29, 0.717) is 23.6 Å². The van der Waals surface area contributed by atoms with Crippen LogP contribution in [0, 0.1) is 11.3 Å². The number of rotatable bonds is 3. The van der Waals surface area contributed by atoms with Gasteiger partial charge in [-0.05, 0) is 45.8 Å². The van der Waals surface area contributed by atoms with Crippen molar-refractivity contribution in [1.29, 1.82) is 5.26 Å². The van der Waals surface area contributed by atoms with Crippen LogP contribution in [0.25, 0.3) is 0 Å². The summed E-state index contributed by atoms with van der Waals surface area (Å²) in [5, 5.41) is 8.81. The average Bonchev–Trinajstić information content (AvgIpc) is 2.41. The molecule has 0 radical (unpaired) electrons. The third-order valence-corrected chi connectivity index (χ3v) is 3.29. The molecule has 18 heavy (non-hydrogen) atoms. The van der Waals surface area contributed by atoms with E-state index in [2.05, 4.69) is 22.0 Å². The molecule has 0 aromatic heterocycles. The van der Waals surface area contributed by atoms with Gasteiger partial charge in [0.15, 0.2) is 0 Å². The van der Waals surface area contributed by atoms with Gasteiger partial charge in [-0.3, -0.25) is 0 Å². The van der Waals surface area contributed by atoms with Crippen molar-refractivity contribution in [2.45, 2.75) is 6.61 Å². The van der Waals surface area contributed by atoms with Crippen LogP contribution in [0.1, 0.15) is 11.1 Å². The van der Waals surface area contributed by atoms with Crippen LogP contribution in [0.15, 0.2) is 46.9 Å². The van der Waals surface area contributed by atoms with Crippen LogP contribution in [0.3, 0.4) is 0 Å². The first kappa shape index (κ1) is 12.5. The SMILES string of the molecule is N#Cc1cccc(COc2cccc(N)c2Br)c1. The minimum absolute atomic E-state index is 0.400. The van der Waals surface area contributed by atoms with Crippen LogP contribution >= 0.6 is 15.9 Å². The van der Waals surface area contributed by atoms with E-state index >= 15 is 0 Å². The zero-order valence-corrected chi connectivity index (χ0v) is 11.1. The Hall–Kier alpha value is -1.99. The molecule has 0 atom stereocenters. The Kier molecular flexibility index (Phi) is 3.85. The van der Waals surface area contributed by atoms with Crippen LogP contribution in [0.4, 0.5) is 5.69 Å². The second kappa shape index (κ2) is 5.56. The first-order valence-electron chi connectivity index (χ1n) is 5.36. The second-order valence-electron chi connectivity index (χ2n) is 3.76. The van der Waals surface area contributed by atoms with Crippen LogP contribution in [0.5, 0.6) is 5.75 Å². The maximum absolute atomic E-state index is 8.81. The van der Waals surface area contributed by atoms with Crippen molar-refractivity contribution in [3.05, 3.63) is 58.1 Å². The molecule has 0 fully saturated rings. The molecular formula is C14H11BrN2O. The van der Waals surface area contributed by atoms with Crippen molar-refractivity contribution in [1.82, 2.24) is 0 Å². The van der Waals surface area contributed by atoms with Crippen LogP contribution in [-0.2, 0) is 6.61 Å².